The Bertz CT molecular complexity index is 556. The molecule has 116 valence electrons. The summed E-state index contributed by atoms with van der Waals surface area (Å²) >= 11 is 1.27. The second kappa shape index (κ2) is 6.44. The van der Waals surface area contributed by atoms with Crippen LogP contribution < -0.4 is 16.0 Å². The third-order valence-corrected chi connectivity index (χ3v) is 5.13. The van der Waals surface area contributed by atoms with Gasteiger partial charge in [-0.2, -0.15) is 0 Å². The molecule has 1 fully saturated rings. The second-order valence-corrected chi connectivity index (χ2v) is 6.30. The van der Waals surface area contributed by atoms with Gasteiger partial charge in [0.15, 0.2) is 5.78 Å². The van der Waals surface area contributed by atoms with Gasteiger partial charge in [0.2, 0.25) is 0 Å². The first-order chi connectivity index (χ1) is 9.99. The Morgan fingerprint density at radius 2 is 2.24 bits per heavy atom. The van der Waals surface area contributed by atoms with Crippen LogP contribution in [0.3, 0.4) is 0 Å². The van der Waals surface area contributed by atoms with Crippen LogP contribution in [-0.2, 0) is 0 Å². The van der Waals surface area contributed by atoms with E-state index in [-0.39, 0.29) is 29.9 Å². The summed E-state index contributed by atoms with van der Waals surface area (Å²) in [6.45, 7) is 3.06. The molecule has 1 saturated heterocycles. The summed E-state index contributed by atoms with van der Waals surface area (Å²) in [5.41, 5.74) is 6.65. The van der Waals surface area contributed by atoms with Crippen molar-refractivity contribution >= 4 is 33.7 Å². The predicted molar refractivity (Wildman–Crippen MR) is 84.1 cm³/mol. The van der Waals surface area contributed by atoms with Crippen LogP contribution in [0.2, 0.25) is 0 Å². The Hall–Kier alpha value is -1.60. The van der Waals surface area contributed by atoms with E-state index < -0.39 is 0 Å². The molecule has 0 bridgehead atoms. The molecule has 0 saturated carbocycles. The summed E-state index contributed by atoms with van der Waals surface area (Å²) in [7, 11) is 1.55. The Kier molecular flexibility index (Phi) is 4.84. The molecule has 1 aliphatic heterocycles. The Morgan fingerprint density at radius 1 is 1.52 bits per heavy atom. The lowest BCUT2D eigenvalue weighted by Gasteiger charge is -2.33. The highest BCUT2D eigenvalue weighted by Crippen LogP contribution is 2.40. The van der Waals surface area contributed by atoms with Gasteiger partial charge >= 0.3 is 0 Å². The number of hydrogen-bond donors (Lipinski definition) is 3. The molecule has 2 heterocycles. The maximum Gasteiger partial charge on any atom is 0.256 e. The Balaban J connectivity index is 2.44. The van der Waals surface area contributed by atoms with Crippen LogP contribution in [0.25, 0.3) is 0 Å². The third kappa shape index (κ3) is 3.03. The van der Waals surface area contributed by atoms with Crippen LogP contribution in [0, 0.1) is 5.92 Å². The molecule has 1 unspecified atom stereocenters. The smallest absolute Gasteiger partial charge is 0.256 e. The minimum Gasteiger partial charge on any atom is -0.397 e. The van der Waals surface area contributed by atoms with Crippen LogP contribution in [0.15, 0.2) is 0 Å². The molecule has 6 nitrogen and oxygen atoms in total. The number of aliphatic hydroxyl groups excluding tert-OH is 1. The minimum atomic E-state index is -0.280. The van der Waals surface area contributed by atoms with Crippen molar-refractivity contribution in [1.29, 1.82) is 0 Å². The summed E-state index contributed by atoms with van der Waals surface area (Å²) in [5, 5.41) is 12.7. The zero-order valence-corrected chi connectivity index (χ0v) is 13.1. The van der Waals surface area contributed by atoms with Crippen LogP contribution in [0.5, 0.6) is 0 Å². The SMILES string of the molecule is CNC(=O)c1c(N2CCCC(CO)C2)sc(C(C)=O)c1N. The first-order valence-electron chi connectivity index (χ1n) is 7.00. The molecule has 1 aliphatic rings. The molecule has 0 aromatic carbocycles. The lowest BCUT2D eigenvalue weighted by atomic mass is 9.99. The zero-order chi connectivity index (χ0) is 15.6. The molecule has 2 rings (SSSR count). The van der Waals surface area contributed by atoms with Gasteiger partial charge in [0.05, 0.1) is 16.1 Å². The van der Waals surface area contributed by atoms with Gasteiger partial charge in [-0.15, -0.1) is 11.3 Å². The number of piperidine rings is 1. The molecular weight excluding hydrogens is 290 g/mol. The average molecular weight is 311 g/mol. The molecule has 0 spiro atoms. The number of nitrogen functional groups attached to an aromatic ring is 1. The standard InChI is InChI=1S/C14H21N3O3S/c1-8(19)12-11(15)10(13(20)16-2)14(21-12)17-5-3-4-9(6-17)7-18/h9,18H,3-7,15H2,1-2H3,(H,16,20). The molecule has 1 atom stereocenters. The number of ketones is 1. The van der Waals surface area contributed by atoms with Crippen LogP contribution in [-0.4, -0.2) is 43.5 Å². The van der Waals surface area contributed by atoms with E-state index in [9.17, 15) is 14.7 Å². The van der Waals surface area contributed by atoms with Crippen molar-refractivity contribution in [2.75, 3.05) is 37.4 Å². The molecule has 1 amide bonds. The number of rotatable bonds is 4. The van der Waals surface area contributed by atoms with Gasteiger partial charge in [-0.05, 0) is 18.8 Å². The van der Waals surface area contributed by atoms with Gasteiger partial charge in [-0.25, -0.2) is 0 Å². The van der Waals surface area contributed by atoms with Crippen molar-refractivity contribution in [3.05, 3.63) is 10.4 Å². The van der Waals surface area contributed by atoms with Gasteiger partial charge in [0, 0.05) is 33.7 Å². The number of hydrogen-bond acceptors (Lipinski definition) is 6. The van der Waals surface area contributed by atoms with E-state index in [1.807, 2.05) is 0 Å². The van der Waals surface area contributed by atoms with E-state index in [1.54, 1.807) is 7.05 Å². The number of amides is 1. The number of nitrogens with one attached hydrogen (secondary N) is 1. The van der Waals surface area contributed by atoms with Crippen molar-refractivity contribution in [2.45, 2.75) is 19.8 Å². The molecule has 0 radical (unpaired) electrons. The molecule has 7 heteroatoms. The van der Waals surface area contributed by atoms with Crippen LogP contribution >= 0.6 is 11.3 Å². The predicted octanol–water partition coefficient (Wildman–Crippen LogP) is 1.10. The fourth-order valence-corrected chi connectivity index (χ4v) is 3.81. The average Bonchev–Trinajstić information content (AvgIpc) is 2.84. The van der Waals surface area contributed by atoms with Crippen molar-refractivity contribution < 1.29 is 14.7 Å². The van der Waals surface area contributed by atoms with Gasteiger partial charge in [0.1, 0.15) is 5.00 Å². The van der Waals surface area contributed by atoms with Crippen molar-refractivity contribution in [1.82, 2.24) is 5.32 Å². The number of nitrogens with zero attached hydrogens (tertiary/aromatic N) is 1. The van der Waals surface area contributed by atoms with E-state index in [1.165, 1.54) is 18.3 Å². The van der Waals surface area contributed by atoms with E-state index in [0.29, 0.717) is 17.0 Å². The Morgan fingerprint density at radius 3 is 2.81 bits per heavy atom. The van der Waals surface area contributed by atoms with Gasteiger partial charge < -0.3 is 21.1 Å². The van der Waals surface area contributed by atoms with Gasteiger partial charge in [-0.1, -0.05) is 0 Å². The van der Waals surface area contributed by atoms with Crippen molar-refractivity contribution in [3.8, 4) is 0 Å². The topological polar surface area (TPSA) is 95.7 Å². The minimum absolute atomic E-state index is 0.131. The summed E-state index contributed by atoms with van der Waals surface area (Å²) in [5.74, 6) is -0.220. The van der Waals surface area contributed by atoms with Crippen LogP contribution in [0.1, 0.15) is 39.8 Å². The quantitative estimate of drug-likeness (QED) is 0.724. The normalized spacial score (nSPS) is 18.6. The number of nitrogens with two attached hydrogens (primary N) is 1. The van der Waals surface area contributed by atoms with Crippen molar-refractivity contribution in [2.24, 2.45) is 5.92 Å². The van der Waals surface area contributed by atoms with E-state index in [2.05, 4.69) is 10.2 Å². The number of anilines is 2. The summed E-state index contributed by atoms with van der Waals surface area (Å²) in [6, 6.07) is 0. The molecule has 4 N–H and O–H groups in total. The van der Waals surface area contributed by atoms with Crippen molar-refractivity contribution in [3.63, 3.8) is 0 Å². The number of Topliss-reactive ketones (excluding diaryl/α,β-unsaturated/α-hetero) is 1. The first kappa shape index (κ1) is 15.8. The van der Waals surface area contributed by atoms with E-state index in [0.717, 1.165) is 24.4 Å². The molecule has 1 aromatic heterocycles. The molecule has 21 heavy (non-hydrogen) atoms. The van der Waals surface area contributed by atoms with E-state index in [4.69, 9.17) is 5.73 Å². The number of carbonyl (C=O) groups is 2. The zero-order valence-electron chi connectivity index (χ0n) is 12.3. The van der Waals surface area contributed by atoms with Gasteiger partial charge in [-0.3, -0.25) is 9.59 Å². The molecular formula is C14H21N3O3S. The fourth-order valence-electron chi connectivity index (χ4n) is 2.66. The number of carbonyl (C=O) groups excluding carboxylic acids is 2. The highest BCUT2D eigenvalue weighted by Gasteiger charge is 2.29. The fraction of sp³-hybridized carbons (Fsp3) is 0.571. The van der Waals surface area contributed by atoms with Gasteiger partial charge in [0.25, 0.3) is 5.91 Å². The lowest BCUT2D eigenvalue weighted by molar-refractivity contribution is 0.0964. The largest absolute Gasteiger partial charge is 0.397 e. The number of thiophene rings is 1. The van der Waals surface area contributed by atoms with Crippen LogP contribution in [0.4, 0.5) is 10.7 Å². The lowest BCUT2D eigenvalue weighted by Crippen LogP contribution is -2.37. The third-order valence-electron chi connectivity index (χ3n) is 3.76. The summed E-state index contributed by atoms with van der Waals surface area (Å²) in [6.07, 6.45) is 1.92. The molecule has 0 aliphatic carbocycles. The first-order valence-corrected chi connectivity index (χ1v) is 7.82. The molecule has 1 aromatic rings. The summed E-state index contributed by atoms with van der Waals surface area (Å²) in [4.78, 5) is 26.3. The maximum atomic E-state index is 12.1. The highest BCUT2D eigenvalue weighted by molar-refractivity contribution is 7.19. The monoisotopic (exact) mass is 311 g/mol. The maximum absolute atomic E-state index is 12.1. The van der Waals surface area contributed by atoms with E-state index >= 15 is 0 Å². The Labute approximate surface area is 127 Å². The highest BCUT2D eigenvalue weighted by atomic mass is 32.1. The summed E-state index contributed by atoms with van der Waals surface area (Å²) < 4.78 is 0. The number of aliphatic hydroxyl groups is 1. The second-order valence-electron chi connectivity index (χ2n) is 5.30.